The third kappa shape index (κ3) is 2.08. The van der Waals surface area contributed by atoms with Crippen molar-refractivity contribution >= 4 is 6.21 Å². The van der Waals surface area contributed by atoms with Gasteiger partial charge >= 0.3 is 0 Å². The summed E-state index contributed by atoms with van der Waals surface area (Å²) in [6.07, 6.45) is 4.16. The maximum absolute atomic E-state index is 5.76. The zero-order valence-electron chi connectivity index (χ0n) is 13.4. The molecule has 0 aliphatic carbocycles. The van der Waals surface area contributed by atoms with E-state index in [1.165, 1.54) is 28.1 Å². The van der Waals surface area contributed by atoms with Gasteiger partial charge in [0.1, 0.15) is 5.75 Å². The van der Waals surface area contributed by atoms with Crippen molar-refractivity contribution in [3.63, 3.8) is 0 Å². The Labute approximate surface area is 141 Å². The lowest BCUT2D eigenvalue weighted by molar-refractivity contribution is 0.288. The summed E-state index contributed by atoms with van der Waals surface area (Å²) in [6.45, 7) is 1.56. The molecule has 2 aliphatic rings. The summed E-state index contributed by atoms with van der Waals surface area (Å²) in [5, 5.41) is 0. The van der Waals surface area contributed by atoms with E-state index in [1.54, 1.807) is 0 Å². The van der Waals surface area contributed by atoms with Gasteiger partial charge in [-0.15, -0.1) is 0 Å². The van der Waals surface area contributed by atoms with Crippen LogP contribution in [0.2, 0.25) is 0 Å². The highest BCUT2D eigenvalue weighted by Crippen LogP contribution is 2.33. The van der Waals surface area contributed by atoms with Crippen LogP contribution in [0.3, 0.4) is 0 Å². The molecule has 24 heavy (non-hydrogen) atoms. The molecule has 3 aromatic rings. The zero-order valence-corrected chi connectivity index (χ0v) is 13.4. The summed E-state index contributed by atoms with van der Waals surface area (Å²) in [7, 11) is 0. The number of ether oxygens (including phenoxy) is 1. The van der Waals surface area contributed by atoms with Gasteiger partial charge in [-0.1, -0.05) is 18.2 Å². The summed E-state index contributed by atoms with van der Waals surface area (Å²) in [5.74, 6) is 1.04. The van der Waals surface area contributed by atoms with Gasteiger partial charge in [0, 0.05) is 6.21 Å². The number of nitrogens with zero attached hydrogens (tertiary/aromatic N) is 2. The minimum Gasteiger partial charge on any atom is -0.493 e. The Bertz CT molecular complexity index is 952. The molecule has 1 aromatic heterocycles. The van der Waals surface area contributed by atoms with Crippen molar-refractivity contribution in [1.29, 1.82) is 0 Å². The molecule has 0 atom stereocenters. The Morgan fingerprint density at radius 1 is 0.958 bits per heavy atom. The topological polar surface area (TPSA) is 26.5 Å². The number of aryl methyl sites for hydroxylation is 1. The molecule has 0 fully saturated rings. The molecule has 3 nitrogen and oxygen atoms in total. The molecular formula is C21H18N2O. The van der Waals surface area contributed by atoms with Gasteiger partial charge in [-0.3, -0.25) is 4.99 Å². The monoisotopic (exact) mass is 314 g/mol. The van der Waals surface area contributed by atoms with E-state index in [-0.39, 0.29) is 0 Å². The fraction of sp³-hybridized carbons (Fsp3) is 0.190. The highest BCUT2D eigenvalue weighted by Gasteiger charge is 2.17. The average molecular weight is 314 g/mol. The van der Waals surface area contributed by atoms with Crippen molar-refractivity contribution in [2.24, 2.45) is 4.99 Å². The van der Waals surface area contributed by atoms with Crippen LogP contribution in [-0.4, -0.2) is 17.4 Å². The lowest BCUT2D eigenvalue weighted by Gasteiger charge is -2.19. The number of rotatable bonds is 1. The number of fused-ring (bicyclic) bond motifs is 4. The number of para-hydroxylation sites is 1. The van der Waals surface area contributed by atoms with Crippen LogP contribution in [0.5, 0.6) is 5.75 Å². The fourth-order valence-corrected chi connectivity index (χ4v) is 3.67. The first-order valence-electron chi connectivity index (χ1n) is 8.46. The van der Waals surface area contributed by atoms with E-state index in [2.05, 4.69) is 64.2 Å². The fourth-order valence-electron chi connectivity index (χ4n) is 3.67. The molecule has 0 spiro atoms. The molecule has 2 aliphatic heterocycles. The molecule has 5 rings (SSSR count). The van der Waals surface area contributed by atoms with Gasteiger partial charge in [0.25, 0.3) is 0 Å². The van der Waals surface area contributed by atoms with E-state index in [0.29, 0.717) is 0 Å². The Balaban J connectivity index is 1.71. The standard InChI is InChI=1S/C21H18N2O/c1-2-6-19-17(4-1)13-22-14-18-8-9-20(23(18)19)15-7-10-21-16(12-15)5-3-11-24-21/h1-2,4,6-10,12,14H,3,5,11,13H2. The SMILES string of the molecule is C1=NCc2ccccc2-n2c1ccc2-c1ccc2c(c1)CCCO2. The van der Waals surface area contributed by atoms with Crippen LogP contribution >= 0.6 is 0 Å². The number of benzene rings is 2. The summed E-state index contributed by atoms with van der Waals surface area (Å²) >= 11 is 0. The molecule has 0 unspecified atom stereocenters. The highest BCUT2D eigenvalue weighted by molar-refractivity contribution is 5.83. The molecule has 3 heteroatoms. The van der Waals surface area contributed by atoms with Gasteiger partial charge in [-0.2, -0.15) is 0 Å². The molecule has 0 radical (unpaired) electrons. The molecular weight excluding hydrogens is 296 g/mol. The number of hydrogen-bond donors (Lipinski definition) is 0. The molecule has 0 saturated heterocycles. The molecule has 0 saturated carbocycles. The molecule has 2 aromatic carbocycles. The van der Waals surface area contributed by atoms with Crippen molar-refractivity contribution in [2.45, 2.75) is 19.4 Å². The largest absolute Gasteiger partial charge is 0.493 e. The van der Waals surface area contributed by atoms with Crippen LogP contribution in [0.4, 0.5) is 0 Å². The van der Waals surface area contributed by atoms with Crippen molar-refractivity contribution in [3.8, 4) is 22.7 Å². The first kappa shape index (κ1) is 13.6. The van der Waals surface area contributed by atoms with Crippen molar-refractivity contribution in [3.05, 3.63) is 71.4 Å². The van der Waals surface area contributed by atoms with E-state index in [0.717, 1.165) is 37.4 Å². The molecule has 118 valence electrons. The van der Waals surface area contributed by atoms with Crippen molar-refractivity contribution < 1.29 is 4.74 Å². The molecule has 0 amide bonds. The van der Waals surface area contributed by atoms with Gasteiger partial charge in [0.2, 0.25) is 0 Å². The van der Waals surface area contributed by atoms with Crippen LogP contribution in [0, 0.1) is 0 Å². The van der Waals surface area contributed by atoms with Crippen molar-refractivity contribution in [2.75, 3.05) is 6.61 Å². The van der Waals surface area contributed by atoms with Gasteiger partial charge in [0.05, 0.1) is 30.2 Å². The first-order valence-corrected chi connectivity index (χ1v) is 8.46. The predicted molar refractivity (Wildman–Crippen MR) is 96.3 cm³/mol. The van der Waals surface area contributed by atoms with Crippen LogP contribution in [0.1, 0.15) is 23.2 Å². The van der Waals surface area contributed by atoms with Crippen LogP contribution in [0.15, 0.2) is 59.6 Å². The number of aliphatic imine (C=N–C) groups is 1. The maximum atomic E-state index is 5.76. The van der Waals surface area contributed by atoms with Crippen LogP contribution < -0.4 is 4.74 Å². The maximum Gasteiger partial charge on any atom is 0.122 e. The Kier molecular flexibility index (Phi) is 3.05. The second-order valence-electron chi connectivity index (χ2n) is 6.35. The van der Waals surface area contributed by atoms with Crippen LogP contribution in [-0.2, 0) is 13.0 Å². The summed E-state index contributed by atoms with van der Waals surface area (Å²) in [6, 6.07) is 19.4. The first-order chi connectivity index (χ1) is 11.9. The Morgan fingerprint density at radius 2 is 1.92 bits per heavy atom. The van der Waals surface area contributed by atoms with E-state index < -0.39 is 0 Å². The number of aromatic nitrogens is 1. The number of hydrogen-bond acceptors (Lipinski definition) is 2. The third-order valence-corrected chi connectivity index (χ3v) is 4.83. The van der Waals surface area contributed by atoms with E-state index in [1.807, 2.05) is 6.21 Å². The molecule has 0 N–H and O–H groups in total. The second kappa shape index (κ2) is 5.38. The predicted octanol–water partition coefficient (Wildman–Crippen LogP) is 4.40. The van der Waals surface area contributed by atoms with E-state index >= 15 is 0 Å². The van der Waals surface area contributed by atoms with Gasteiger partial charge in [-0.05, 0) is 65.9 Å². The normalized spacial score (nSPS) is 15.0. The lowest BCUT2D eigenvalue weighted by Crippen LogP contribution is -2.08. The zero-order chi connectivity index (χ0) is 15.9. The minimum atomic E-state index is 0.731. The van der Waals surface area contributed by atoms with Gasteiger partial charge in [-0.25, -0.2) is 0 Å². The Hall–Kier alpha value is -2.81. The Morgan fingerprint density at radius 3 is 2.92 bits per heavy atom. The third-order valence-electron chi connectivity index (χ3n) is 4.83. The summed E-state index contributed by atoms with van der Waals surface area (Å²) in [4.78, 5) is 4.56. The van der Waals surface area contributed by atoms with Crippen LogP contribution in [0.25, 0.3) is 16.9 Å². The van der Waals surface area contributed by atoms with E-state index in [9.17, 15) is 0 Å². The molecule has 0 bridgehead atoms. The lowest BCUT2D eigenvalue weighted by atomic mass is 10.0. The summed E-state index contributed by atoms with van der Waals surface area (Å²) in [5.41, 5.74) is 7.36. The highest BCUT2D eigenvalue weighted by atomic mass is 16.5. The van der Waals surface area contributed by atoms with Gasteiger partial charge < -0.3 is 9.30 Å². The quantitative estimate of drug-likeness (QED) is 0.654. The molecule has 3 heterocycles. The van der Waals surface area contributed by atoms with Gasteiger partial charge in [0.15, 0.2) is 0 Å². The second-order valence-corrected chi connectivity index (χ2v) is 6.35. The minimum absolute atomic E-state index is 0.731. The van der Waals surface area contributed by atoms with Crippen molar-refractivity contribution in [1.82, 2.24) is 4.57 Å². The average Bonchev–Trinajstić information content (AvgIpc) is 2.97. The smallest absolute Gasteiger partial charge is 0.122 e. The summed E-state index contributed by atoms with van der Waals surface area (Å²) < 4.78 is 8.07. The van der Waals surface area contributed by atoms with E-state index in [4.69, 9.17) is 4.74 Å².